The van der Waals surface area contributed by atoms with Crippen LogP contribution in [0.4, 0.5) is 8.78 Å². The monoisotopic (exact) mass is 216 g/mol. The lowest BCUT2D eigenvalue weighted by Crippen LogP contribution is -1.98. The second-order valence-electron chi connectivity index (χ2n) is 3.24. The van der Waals surface area contributed by atoms with Crippen molar-refractivity contribution in [2.45, 2.75) is 19.3 Å². The van der Waals surface area contributed by atoms with Gasteiger partial charge in [0, 0.05) is 24.8 Å². The van der Waals surface area contributed by atoms with Crippen LogP contribution in [0.5, 0.6) is 5.75 Å². The number of hydrogen-bond donors (Lipinski definition) is 1. The van der Waals surface area contributed by atoms with E-state index in [1.165, 1.54) is 0 Å². The molecule has 0 saturated carbocycles. The van der Waals surface area contributed by atoms with Gasteiger partial charge in [0.05, 0.1) is 6.61 Å². The minimum absolute atomic E-state index is 0.161. The molecular weight excluding hydrogens is 202 g/mol. The SMILES string of the molecule is OCCCCCOc1cc(F)cc(F)c1. The molecule has 84 valence electrons. The summed E-state index contributed by atoms with van der Waals surface area (Å²) in [5, 5.41) is 8.52. The zero-order valence-electron chi connectivity index (χ0n) is 8.38. The fraction of sp³-hybridized carbons (Fsp3) is 0.455. The summed E-state index contributed by atoms with van der Waals surface area (Å²) in [4.78, 5) is 0. The maximum atomic E-state index is 12.7. The molecule has 0 aliphatic carbocycles. The molecule has 0 radical (unpaired) electrons. The van der Waals surface area contributed by atoms with Gasteiger partial charge in [-0.15, -0.1) is 0 Å². The highest BCUT2D eigenvalue weighted by Crippen LogP contribution is 2.15. The normalized spacial score (nSPS) is 10.3. The summed E-state index contributed by atoms with van der Waals surface area (Å²) in [5.41, 5.74) is 0. The molecule has 4 heteroatoms. The van der Waals surface area contributed by atoms with E-state index in [1.54, 1.807) is 0 Å². The highest BCUT2D eigenvalue weighted by Gasteiger charge is 2.00. The number of hydrogen-bond acceptors (Lipinski definition) is 2. The number of aliphatic hydroxyl groups is 1. The van der Waals surface area contributed by atoms with Gasteiger partial charge in [-0.05, 0) is 19.3 Å². The molecule has 0 aliphatic rings. The summed E-state index contributed by atoms with van der Waals surface area (Å²) >= 11 is 0. The van der Waals surface area contributed by atoms with Crippen molar-refractivity contribution in [3.05, 3.63) is 29.8 Å². The Bertz CT molecular complexity index is 282. The Morgan fingerprint density at radius 3 is 2.27 bits per heavy atom. The predicted molar refractivity (Wildman–Crippen MR) is 52.8 cm³/mol. The van der Waals surface area contributed by atoms with Gasteiger partial charge in [0.25, 0.3) is 0 Å². The lowest BCUT2D eigenvalue weighted by atomic mass is 10.2. The van der Waals surface area contributed by atoms with Crippen molar-refractivity contribution in [3.8, 4) is 5.75 Å². The lowest BCUT2D eigenvalue weighted by molar-refractivity contribution is 0.265. The van der Waals surface area contributed by atoms with Crippen LogP contribution in [0.2, 0.25) is 0 Å². The zero-order chi connectivity index (χ0) is 11.1. The van der Waals surface area contributed by atoms with E-state index in [1.807, 2.05) is 0 Å². The Morgan fingerprint density at radius 1 is 1.00 bits per heavy atom. The quantitative estimate of drug-likeness (QED) is 0.740. The lowest BCUT2D eigenvalue weighted by Gasteiger charge is -2.05. The fourth-order valence-corrected chi connectivity index (χ4v) is 1.19. The standard InChI is InChI=1S/C11H14F2O2/c12-9-6-10(13)8-11(7-9)15-5-3-1-2-4-14/h6-8,14H,1-5H2. The number of ether oxygens (including phenoxy) is 1. The van der Waals surface area contributed by atoms with Crippen LogP contribution in [0.25, 0.3) is 0 Å². The Hall–Kier alpha value is -1.16. The van der Waals surface area contributed by atoms with Gasteiger partial charge < -0.3 is 9.84 Å². The minimum atomic E-state index is -0.639. The fourth-order valence-electron chi connectivity index (χ4n) is 1.19. The summed E-state index contributed by atoms with van der Waals surface area (Å²) < 4.78 is 30.6. The van der Waals surface area contributed by atoms with Crippen molar-refractivity contribution in [2.24, 2.45) is 0 Å². The maximum absolute atomic E-state index is 12.7. The molecule has 0 aromatic heterocycles. The van der Waals surface area contributed by atoms with Crippen LogP contribution < -0.4 is 4.74 Å². The molecule has 0 fully saturated rings. The van der Waals surface area contributed by atoms with Crippen molar-refractivity contribution in [3.63, 3.8) is 0 Å². The van der Waals surface area contributed by atoms with Crippen molar-refractivity contribution in [1.29, 1.82) is 0 Å². The van der Waals surface area contributed by atoms with Gasteiger partial charge in [-0.3, -0.25) is 0 Å². The number of benzene rings is 1. The molecule has 1 N–H and O–H groups in total. The molecule has 0 spiro atoms. The van der Waals surface area contributed by atoms with E-state index in [4.69, 9.17) is 9.84 Å². The minimum Gasteiger partial charge on any atom is -0.493 e. The average Bonchev–Trinajstić information content (AvgIpc) is 2.16. The van der Waals surface area contributed by atoms with Gasteiger partial charge in [0.15, 0.2) is 0 Å². The van der Waals surface area contributed by atoms with Gasteiger partial charge in [-0.1, -0.05) is 0 Å². The van der Waals surface area contributed by atoms with Gasteiger partial charge in [-0.2, -0.15) is 0 Å². The van der Waals surface area contributed by atoms with Crippen molar-refractivity contribution in [2.75, 3.05) is 13.2 Å². The predicted octanol–water partition coefficient (Wildman–Crippen LogP) is 2.51. The molecule has 0 atom stereocenters. The van der Waals surface area contributed by atoms with Crippen LogP contribution in [0.1, 0.15) is 19.3 Å². The van der Waals surface area contributed by atoms with Crippen LogP contribution in [-0.2, 0) is 0 Å². The first-order chi connectivity index (χ1) is 7.22. The summed E-state index contributed by atoms with van der Waals surface area (Å²) in [7, 11) is 0. The molecule has 0 heterocycles. The van der Waals surface area contributed by atoms with E-state index in [-0.39, 0.29) is 12.4 Å². The summed E-state index contributed by atoms with van der Waals surface area (Å²) in [6, 6.07) is 3.10. The zero-order valence-corrected chi connectivity index (χ0v) is 8.38. The van der Waals surface area contributed by atoms with Gasteiger partial charge in [0.2, 0.25) is 0 Å². The number of aliphatic hydroxyl groups excluding tert-OH is 1. The van der Waals surface area contributed by atoms with E-state index in [9.17, 15) is 8.78 Å². The van der Waals surface area contributed by atoms with Gasteiger partial charge in [0.1, 0.15) is 17.4 Å². The second kappa shape index (κ2) is 6.35. The van der Waals surface area contributed by atoms with E-state index < -0.39 is 11.6 Å². The molecule has 0 saturated heterocycles. The number of rotatable bonds is 6. The van der Waals surface area contributed by atoms with Crippen LogP contribution in [0.15, 0.2) is 18.2 Å². The number of unbranched alkanes of at least 4 members (excludes halogenated alkanes) is 2. The Morgan fingerprint density at radius 2 is 1.67 bits per heavy atom. The third-order valence-electron chi connectivity index (χ3n) is 1.91. The molecule has 0 bridgehead atoms. The third kappa shape index (κ3) is 4.74. The smallest absolute Gasteiger partial charge is 0.129 e. The summed E-state index contributed by atoms with van der Waals surface area (Å²) in [6.45, 7) is 0.567. The van der Waals surface area contributed by atoms with Crippen molar-refractivity contribution in [1.82, 2.24) is 0 Å². The highest BCUT2D eigenvalue weighted by molar-refractivity contribution is 5.23. The average molecular weight is 216 g/mol. The molecule has 0 unspecified atom stereocenters. The first-order valence-corrected chi connectivity index (χ1v) is 4.92. The van der Waals surface area contributed by atoms with Crippen LogP contribution in [-0.4, -0.2) is 18.3 Å². The van der Waals surface area contributed by atoms with Gasteiger partial charge in [-0.25, -0.2) is 8.78 Å². The third-order valence-corrected chi connectivity index (χ3v) is 1.91. The summed E-state index contributed by atoms with van der Waals surface area (Å²) in [5.74, 6) is -1.07. The van der Waals surface area contributed by atoms with E-state index >= 15 is 0 Å². The molecule has 2 nitrogen and oxygen atoms in total. The second-order valence-corrected chi connectivity index (χ2v) is 3.24. The maximum Gasteiger partial charge on any atom is 0.129 e. The Kier molecular flexibility index (Phi) is 5.04. The van der Waals surface area contributed by atoms with Crippen LogP contribution in [0, 0.1) is 11.6 Å². The molecule has 1 rings (SSSR count). The van der Waals surface area contributed by atoms with Crippen molar-refractivity contribution >= 4 is 0 Å². The van der Waals surface area contributed by atoms with Crippen LogP contribution >= 0.6 is 0 Å². The first-order valence-electron chi connectivity index (χ1n) is 4.92. The molecule has 0 amide bonds. The topological polar surface area (TPSA) is 29.5 Å². The van der Waals surface area contributed by atoms with E-state index in [0.717, 1.165) is 37.5 Å². The Labute approximate surface area is 87.5 Å². The van der Waals surface area contributed by atoms with Crippen molar-refractivity contribution < 1.29 is 18.6 Å². The first kappa shape index (κ1) is 11.9. The molecule has 1 aromatic rings. The van der Waals surface area contributed by atoms with Gasteiger partial charge >= 0.3 is 0 Å². The number of halogens is 2. The Balaban J connectivity index is 2.31. The van der Waals surface area contributed by atoms with E-state index in [0.29, 0.717) is 6.61 Å². The van der Waals surface area contributed by atoms with E-state index in [2.05, 4.69) is 0 Å². The highest BCUT2D eigenvalue weighted by atomic mass is 19.1. The van der Waals surface area contributed by atoms with Crippen LogP contribution in [0.3, 0.4) is 0 Å². The molecule has 1 aromatic carbocycles. The summed E-state index contributed by atoms with van der Waals surface area (Å²) in [6.07, 6.45) is 2.33. The molecule has 15 heavy (non-hydrogen) atoms. The molecular formula is C11H14F2O2. The largest absolute Gasteiger partial charge is 0.493 e. The molecule has 0 aliphatic heterocycles.